The Morgan fingerprint density at radius 2 is 1.79 bits per heavy atom. The number of hydrogen-bond acceptors (Lipinski definition) is 5. The van der Waals surface area contributed by atoms with E-state index in [-0.39, 0.29) is 28.0 Å². The Morgan fingerprint density at radius 1 is 1.18 bits per heavy atom. The summed E-state index contributed by atoms with van der Waals surface area (Å²) < 4.78 is 5.40. The van der Waals surface area contributed by atoms with Gasteiger partial charge in [0, 0.05) is 23.9 Å². The van der Waals surface area contributed by atoms with Gasteiger partial charge in [0.1, 0.15) is 10.9 Å². The second-order valence-corrected chi connectivity index (χ2v) is 11.5. The molecule has 1 aliphatic heterocycles. The van der Waals surface area contributed by atoms with Crippen LogP contribution in [0.4, 0.5) is 5.69 Å². The maximum absolute atomic E-state index is 14.0. The van der Waals surface area contributed by atoms with Crippen molar-refractivity contribution in [2.45, 2.75) is 78.2 Å². The normalized spacial score (nSPS) is 22.6. The molecule has 1 N–H and O–H groups in total. The number of anilines is 1. The molecule has 2 fully saturated rings. The van der Waals surface area contributed by atoms with Crippen LogP contribution < -0.4 is 4.90 Å². The Hall–Kier alpha value is -1.93. The molecule has 184 valence electrons. The summed E-state index contributed by atoms with van der Waals surface area (Å²) in [6.45, 7) is 12.1. The quantitative estimate of drug-likeness (QED) is 0.649. The number of hydrogen-bond donors (Lipinski definition) is 1. The molecule has 2 amide bonds. The Kier molecular flexibility index (Phi) is 8.22. The van der Waals surface area contributed by atoms with Crippen molar-refractivity contribution in [1.82, 2.24) is 4.90 Å². The summed E-state index contributed by atoms with van der Waals surface area (Å²) >= 11 is 1.20. The van der Waals surface area contributed by atoms with E-state index in [1.165, 1.54) is 11.3 Å². The average Bonchev–Trinajstić information content (AvgIpc) is 3.23. The van der Waals surface area contributed by atoms with Gasteiger partial charge in [-0.25, -0.2) is 4.79 Å². The van der Waals surface area contributed by atoms with Gasteiger partial charge in [-0.05, 0) is 49.5 Å². The van der Waals surface area contributed by atoms with Crippen LogP contribution in [0.5, 0.6) is 0 Å². The topological polar surface area (TPSA) is 87.2 Å². The third kappa shape index (κ3) is 5.77. The second-order valence-electron chi connectivity index (χ2n) is 10.4. The number of carbonyl (C=O) groups is 3. The lowest BCUT2D eigenvalue weighted by Gasteiger charge is -2.38. The fraction of sp³-hybridized carbons (Fsp3) is 0.720. The second kappa shape index (κ2) is 10.6. The average molecular weight is 479 g/mol. The molecule has 1 atom stereocenters. The number of rotatable bonds is 6. The molecule has 0 bridgehead atoms. The number of carboxylic acids is 1. The molecule has 33 heavy (non-hydrogen) atoms. The van der Waals surface area contributed by atoms with E-state index in [0.29, 0.717) is 44.3 Å². The lowest BCUT2D eigenvalue weighted by molar-refractivity contribution is -0.139. The summed E-state index contributed by atoms with van der Waals surface area (Å²) in [5.74, 6) is -0.904. The Labute approximate surface area is 201 Å². The summed E-state index contributed by atoms with van der Waals surface area (Å²) in [6.07, 6.45) is 3.92. The van der Waals surface area contributed by atoms with Crippen LogP contribution in [-0.4, -0.2) is 60.1 Å². The van der Waals surface area contributed by atoms with Crippen molar-refractivity contribution < 1.29 is 24.2 Å². The van der Waals surface area contributed by atoms with Crippen LogP contribution in [0, 0.1) is 11.8 Å². The first-order valence-electron chi connectivity index (χ1n) is 12.1. The van der Waals surface area contributed by atoms with Gasteiger partial charge in [-0.15, -0.1) is 11.3 Å². The molecule has 0 unspecified atom stereocenters. The minimum atomic E-state index is -1.06. The van der Waals surface area contributed by atoms with Crippen molar-refractivity contribution in [3.8, 4) is 0 Å². The highest BCUT2D eigenvalue weighted by molar-refractivity contribution is 7.14. The number of amides is 2. The molecule has 1 saturated heterocycles. The molecule has 1 aliphatic carbocycles. The molecule has 1 saturated carbocycles. The van der Waals surface area contributed by atoms with Gasteiger partial charge in [-0.1, -0.05) is 34.6 Å². The standard InChI is InChI=1S/C25H38N2O5S/c1-6-18(23(29)26-11-13-32-14-12-26)27(22(28)17-9-7-16(2)8-10-17)19-15-20(25(3,4)5)33-21(19)24(30)31/h15-18H,6-14H2,1-5H3,(H,30,31)/t16?,17?,18-/m0/s1. The highest BCUT2D eigenvalue weighted by Gasteiger charge is 2.40. The molecule has 2 aliphatic rings. The Morgan fingerprint density at radius 3 is 2.30 bits per heavy atom. The maximum Gasteiger partial charge on any atom is 0.348 e. The zero-order valence-electron chi connectivity index (χ0n) is 20.6. The van der Waals surface area contributed by atoms with E-state index in [1.54, 1.807) is 9.80 Å². The number of nitrogens with zero attached hydrogens (tertiary/aromatic N) is 2. The molecule has 0 spiro atoms. The van der Waals surface area contributed by atoms with Crippen molar-refractivity contribution in [3.63, 3.8) is 0 Å². The van der Waals surface area contributed by atoms with Gasteiger partial charge in [0.2, 0.25) is 11.8 Å². The van der Waals surface area contributed by atoms with E-state index in [2.05, 4.69) is 6.92 Å². The minimum Gasteiger partial charge on any atom is -0.477 e. The fourth-order valence-electron chi connectivity index (χ4n) is 4.69. The van der Waals surface area contributed by atoms with Gasteiger partial charge in [0.05, 0.1) is 18.9 Å². The van der Waals surface area contributed by atoms with Gasteiger partial charge < -0.3 is 14.7 Å². The molecular weight excluding hydrogens is 440 g/mol. The number of morpholine rings is 1. The third-order valence-electron chi connectivity index (χ3n) is 6.81. The van der Waals surface area contributed by atoms with Gasteiger partial charge in [0.25, 0.3) is 0 Å². The van der Waals surface area contributed by atoms with Crippen LogP contribution in [-0.2, 0) is 19.7 Å². The van der Waals surface area contributed by atoms with Gasteiger partial charge in [-0.2, -0.15) is 0 Å². The monoisotopic (exact) mass is 478 g/mol. The highest BCUT2D eigenvalue weighted by Crippen LogP contribution is 2.40. The van der Waals surface area contributed by atoms with Crippen LogP contribution in [0.3, 0.4) is 0 Å². The zero-order valence-corrected chi connectivity index (χ0v) is 21.4. The largest absolute Gasteiger partial charge is 0.477 e. The first kappa shape index (κ1) is 25.7. The van der Waals surface area contributed by atoms with Gasteiger partial charge in [-0.3, -0.25) is 14.5 Å². The van der Waals surface area contributed by atoms with E-state index in [1.807, 2.05) is 33.8 Å². The molecule has 1 aromatic heterocycles. The van der Waals surface area contributed by atoms with Crippen LogP contribution in [0.15, 0.2) is 6.07 Å². The lowest BCUT2D eigenvalue weighted by Crippen LogP contribution is -2.55. The third-order valence-corrected chi connectivity index (χ3v) is 8.35. The van der Waals surface area contributed by atoms with Crippen molar-refractivity contribution >= 4 is 34.8 Å². The maximum atomic E-state index is 14.0. The molecular formula is C25H38N2O5S. The first-order valence-corrected chi connectivity index (χ1v) is 12.9. The zero-order chi connectivity index (χ0) is 24.3. The Balaban J connectivity index is 2.06. The number of carboxylic acid groups (broad SMARTS) is 1. The predicted octanol–water partition coefficient (Wildman–Crippen LogP) is 4.54. The molecule has 3 rings (SSSR count). The molecule has 0 radical (unpaired) electrons. The molecule has 8 heteroatoms. The van der Waals surface area contributed by atoms with Crippen molar-refractivity contribution in [3.05, 3.63) is 15.8 Å². The van der Waals surface area contributed by atoms with Crippen molar-refractivity contribution in [2.75, 3.05) is 31.2 Å². The number of ether oxygens (including phenoxy) is 1. The predicted molar refractivity (Wildman–Crippen MR) is 130 cm³/mol. The molecule has 1 aromatic rings. The summed E-state index contributed by atoms with van der Waals surface area (Å²) in [6, 6.07) is 1.10. The van der Waals surface area contributed by atoms with Crippen LogP contribution in [0.1, 0.15) is 81.3 Å². The van der Waals surface area contributed by atoms with E-state index in [9.17, 15) is 19.5 Å². The van der Waals surface area contributed by atoms with Gasteiger partial charge in [0.15, 0.2) is 0 Å². The lowest BCUT2D eigenvalue weighted by atomic mass is 9.82. The van der Waals surface area contributed by atoms with Crippen molar-refractivity contribution in [2.24, 2.45) is 11.8 Å². The molecule has 7 nitrogen and oxygen atoms in total. The van der Waals surface area contributed by atoms with Gasteiger partial charge >= 0.3 is 5.97 Å². The number of aromatic carboxylic acids is 1. The van der Waals surface area contributed by atoms with E-state index < -0.39 is 12.0 Å². The number of thiophene rings is 1. The van der Waals surface area contributed by atoms with E-state index in [4.69, 9.17) is 4.74 Å². The first-order chi connectivity index (χ1) is 15.5. The van der Waals surface area contributed by atoms with E-state index >= 15 is 0 Å². The van der Waals surface area contributed by atoms with Crippen molar-refractivity contribution in [1.29, 1.82) is 0 Å². The van der Waals surface area contributed by atoms with E-state index in [0.717, 1.165) is 30.6 Å². The fourth-order valence-corrected chi connectivity index (χ4v) is 5.74. The van der Waals surface area contributed by atoms with Crippen LogP contribution in [0.2, 0.25) is 0 Å². The summed E-state index contributed by atoms with van der Waals surface area (Å²) in [5, 5.41) is 10.0. The minimum absolute atomic E-state index is 0.115. The molecule has 0 aromatic carbocycles. The van der Waals surface area contributed by atoms with Crippen LogP contribution >= 0.6 is 11.3 Å². The number of carbonyl (C=O) groups excluding carboxylic acids is 2. The summed E-state index contributed by atoms with van der Waals surface area (Å²) in [5.41, 5.74) is 0.104. The Bertz CT molecular complexity index is 861. The summed E-state index contributed by atoms with van der Waals surface area (Å²) in [4.78, 5) is 44.1. The van der Waals surface area contributed by atoms with Crippen LogP contribution in [0.25, 0.3) is 0 Å². The highest BCUT2D eigenvalue weighted by atomic mass is 32.1. The SMILES string of the molecule is CC[C@@H](C(=O)N1CCOCC1)N(C(=O)C1CCC(C)CC1)c1cc(C(C)(C)C)sc1C(=O)O. The molecule has 2 heterocycles. The summed E-state index contributed by atoms with van der Waals surface area (Å²) in [7, 11) is 0. The smallest absolute Gasteiger partial charge is 0.348 e.